The van der Waals surface area contributed by atoms with Crippen LogP contribution in [0.4, 0.5) is 0 Å². The predicted octanol–water partition coefficient (Wildman–Crippen LogP) is 1.66. The first kappa shape index (κ1) is 11.6. The molecule has 2 heterocycles. The van der Waals surface area contributed by atoms with E-state index in [0.717, 1.165) is 5.56 Å². The third-order valence-corrected chi connectivity index (χ3v) is 2.51. The van der Waals surface area contributed by atoms with Crippen LogP contribution in [0.2, 0.25) is 0 Å². The molecule has 0 saturated heterocycles. The minimum absolute atomic E-state index is 0.368. The molecule has 0 aromatic carbocycles. The smallest absolute Gasteiger partial charge is 0.216 e. The average Bonchev–Trinajstić information content (AvgIpc) is 2.76. The molecule has 2 aromatic heterocycles. The lowest BCUT2D eigenvalue weighted by Gasteiger charge is -2.08. The Kier molecular flexibility index (Phi) is 3.39. The van der Waals surface area contributed by atoms with Gasteiger partial charge in [-0.3, -0.25) is 0 Å². The minimum Gasteiger partial charge on any atom is -0.481 e. The van der Waals surface area contributed by atoms with Crippen LogP contribution in [0, 0.1) is 6.92 Å². The van der Waals surface area contributed by atoms with Crippen LogP contribution >= 0.6 is 0 Å². The quantitative estimate of drug-likeness (QED) is 0.871. The predicted molar refractivity (Wildman–Crippen MR) is 60.7 cm³/mol. The second-order valence-corrected chi connectivity index (χ2v) is 3.74. The lowest BCUT2D eigenvalue weighted by molar-refractivity contribution is 0.148. The van der Waals surface area contributed by atoms with Gasteiger partial charge in [-0.2, -0.15) is 0 Å². The van der Waals surface area contributed by atoms with Crippen molar-refractivity contribution in [1.82, 2.24) is 9.97 Å². The van der Waals surface area contributed by atoms with Crippen molar-refractivity contribution in [2.75, 3.05) is 7.11 Å². The van der Waals surface area contributed by atoms with E-state index < -0.39 is 6.10 Å². The van der Waals surface area contributed by atoms with Crippen molar-refractivity contribution >= 4 is 0 Å². The number of nitrogens with zero attached hydrogens (tertiary/aromatic N) is 2. The summed E-state index contributed by atoms with van der Waals surface area (Å²) < 4.78 is 10.2. The molecule has 5 nitrogen and oxygen atoms in total. The standard InChI is InChI=1S/C12H14N2O3/c1-8-3-4-17-12(8)10(15)5-9-6-11(16-2)14-7-13-9/h3-4,6-7,10,15H,5H2,1-2H3. The zero-order chi connectivity index (χ0) is 12.3. The van der Waals surface area contributed by atoms with Crippen molar-refractivity contribution < 1.29 is 14.3 Å². The van der Waals surface area contributed by atoms with Crippen LogP contribution in [0.15, 0.2) is 29.1 Å². The molecule has 1 N–H and O–H groups in total. The molecule has 0 spiro atoms. The Bertz CT molecular complexity index is 496. The molecule has 0 bridgehead atoms. The summed E-state index contributed by atoms with van der Waals surface area (Å²) in [6.07, 6.45) is 2.64. The SMILES string of the molecule is COc1cc(CC(O)c2occc2C)ncn1. The molecule has 0 saturated carbocycles. The number of rotatable bonds is 4. The Balaban J connectivity index is 2.13. The largest absolute Gasteiger partial charge is 0.481 e. The van der Waals surface area contributed by atoms with E-state index in [1.54, 1.807) is 19.4 Å². The van der Waals surface area contributed by atoms with E-state index in [9.17, 15) is 5.11 Å². The molecule has 2 rings (SSSR count). The van der Waals surface area contributed by atoms with Gasteiger partial charge in [0.05, 0.1) is 19.1 Å². The van der Waals surface area contributed by atoms with Gasteiger partial charge in [-0.15, -0.1) is 0 Å². The Hall–Kier alpha value is -1.88. The monoisotopic (exact) mass is 234 g/mol. The molecule has 17 heavy (non-hydrogen) atoms. The Labute approximate surface area is 99.1 Å². The maximum absolute atomic E-state index is 10.0. The number of furan rings is 1. The molecule has 5 heteroatoms. The van der Waals surface area contributed by atoms with E-state index in [1.165, 1.54) is 6.33 Å². The van der Waals surface area contributed by atoms with Crippen molar-refractivity contribution in [1.29, 1.82) is 0 Å². The van der Waals surface area contributed by atoms with Gasteiger partial charge >= 0.3 is 0 Å². The van der Waals surface area contributed by atoms with Crippen LogP contribution in [0.25, 0.3) is 0 Å². The number of aliphatic hydroxyl groups is 1. The molecular weight excluding hydrogens is 220 g/mol. The number of hydrogen-bond donors (Lipinski definition) is 1. The first-order valence-corrected chi connectivity index (χ1v) is 5.27. The summed E-state index contributed by atoms with van der Waals surface area (Å²) in [5, 5.41) is 10.0. The summed E-state index contributed by atoms with van der Waals surface area (Å²) in [5.74, 6) is 1.06. The normalized spacial score (nSPS) is 12.4. The summed E-state index contributed by atoms with van der Waals surface area (Å²) in [6, 6.07) is 3.51. The second-order valence-electron chi connectivity index (χ2n) is 3.74. The Morgan fingerprint density at radius 3 is 2.94 bits per heavy atom. The van der Waals surface area contributed by atoms with Crippen LogP contribution < -0.4 is 4.74 Å². The molecule has 0 amide bonds. The molecule has 90 valence electrons. The van der Waals surface area contributed by atoms with Gasteiger partial charge < -0.3 is 14.3 Å². The highest BCUT2D eigenvalue weighted by Crippen LogP contribution is 2.22. The van der Waals surface area contributed by atoms with Gasteiger partial charge in [0.25, 0.3) is 0 Å². The molecule has 1 atom stereocenters. The number of aryl methyl sites for hydroxylation is 1. The summed E-state index contributed by atoms with van der Waals surface area (Å²) in [6.45, 7) is 1.89. The molecule has 1 unspecified atom stereocenters. The van der Waals surface area contributed by atoms with Crippen molar-refractivity contribution in [3.05, 3.63) is 41.7 Å². The highest BCUT2D eigenvalue weighted by Gasteiger charge is 2.15. The van der Waals surface area contributed by atoms with Crippen LogP contribution in [0.3, 0.4) is 0 Å². The zero-order valence-corrected chi connectivity index (χ0v) is 9.75. The molecule has 0 aliphatic carbocycles. The van der Waals surface area contributed by atoms with E-state index in [4.69, 9.17) is 9.15 Å². The maximum Gasteiger partial charge on any atom is 0.216 e. The minimum atomic E-state index is -0.704. The molecule has 0 radical (unpaired) electrons. The van der Waals surface area contributed by atoms with Gasteiger partial charge in [-0.25, -0.2) is 9.97 Å². The highest BCUT2D eigenvalue weighted by atomic mass is 16.5. The first-order valence-electron chi connectivity index (χ1n) is 5.27. The third kappa shape index (κ3) is 2.62. The number of aliphatic hydroxyl groups excluding tert-OH is 1. The van der Waals surface area contributed by atoms with Gasteiger partial charge in [-0.05, 0) is 18.6 Å². The highest BCUT2D eigenvalue weighted by molar-refractivity contribution is 5.20. The summed E-state index contributed by atoms with van der Waals surface area (Å²) in [7, 11) is 1.54. The fourth-order valence-corrected chi connectivity index (χ4v) is 1.62. The van der Waals surface area contributed by atoms with Crippen LogP contribution in [0.1, 0.15) is 23.1 Å². The van der Waals surface area contributed by atoms with E-state index in [2.05, 4.69) is 9.97 Å². The topological polar surface area (TPSA) is 68.4 Å². The molecule has 0 aliphatic rings. The molecule has 0 fully saturated rings. The van der Waals surface area contributed by atoms with Gasteiger partial charge in [0.2, 0.25) is 5.88 Å². The fourth-order valence-electron chi connectivity index (χ4n) is 1.62. The van der Waals surface area contributed by atoms with Crippen molar-refractivity contribution in [3.8, 4) is 5.88 Å². The number of aromatic nitrogens is 2. The van der Waals surface area contributed by atoms with Gasteiger partial charge in [0.15, 0.2) is 0 Å². The summed E-state index contributed by atoms with van der Waals surface area (Å²) in [5.41, 5.74) is 1.64. The van der Waals surface area contributed by atoms with Crippen molar-refractivity contribution in [3.63, 3.8) is 0 Å². The first-order chi connectivity index (χ1) is 8.20. The van der Waals surface area contributed by atoms with Gasteiger partial charge in [0.1, 0.15) is 18.2 Å². The van der Waals surface area contributed by atoms with Gasteiger partial charge in [-0.1, -0.05) is 0 Å². The summed E-state index contributed by atoms with van der Waals surface area (Å²) in [4.78, 5) is 7.98. The Morgan fingerprint density at radius 2 is 2.29 bits per heavy atom. The zero-order valence-electron chi connectivity index (χ0n) is 9.75. The van der Waals surface area contributed by atoms with Crippen LogP contribution in [-0.4, -0.2) is 22.2 Å². The van der Waals surface area contributed by atoms with Crippen molar-refractivity contribution in [2.45, 2.75) is 19.4 Å². The number of methoxy groups -OCH3 is 1. The molecular formula is C12H14N2O3. The van der Waals surface area contributed by atoms with E-state index in [-0.39, 0.29) is 0 Å². The van der Waals surface area contributed by atoms with Crippen LogP contribution in [0.5, 0.6) is 5.88 Å². The number of hydrogen-bond acceptors (Lipinski definition) is 5. The number of ether oxygens (including phenoxy) is 1. The van der Waals surface area contributed by atoms with Crippen molar-refractivity contribution in [2.24, 2.45) is 0 Å². The van der Waals surface area contributed by atoms with Gasteiger partial charge in [0, 0.05) is 12.5 Å². The second kappa shape index (κ2) is 4.97. The third-order valence-electron chi connectivity index (χ3n) is 2.51. The van der Waals surface area contributed by atoms with E-state index >= 15 is 0 Å². The van der Waals surface area contributed by atoms with Crippen LogP contribution in [-0.2, 0) is 6.42 Å². The lowest BCUT2D eigenvalue weighted by Crippen LogP contribution is -2.04. The molecule has 0 aliphatic heterocycles. The maximum atomic E-state index is 10.0. The van der Waals surface area contributed by atoms with E-state index in [0.29, 0.717) is 23.8 Å². The fraction of sp³-hybridized carbons (Fsp3) is 0.333. The van der Waals surface area contributed by atoms with E-state index in [1.807, 2.05) is 13.0 Å². The molecule has 2 aromatic rings. The lowest BCUT2D eigenvalue weighted by atomic mass is 10.1. The average molecular weight is 234 g/mol. The Morgan fingerprint density at radius 1 is 1.47 bits per heavy atom. The summed E-state index contributed by atoms with van der Waals surface area (Å²) >= 11 is 0.